The van der Waals surface area contributed by atoms with Crippen LogP contribution in [0.2, 0.25) is 10.0 Å². The Labute approximate surface area is 185 Å². The van der Waals surface area contributed by atoms with Gasteiger partial charge in [0.25, 0.3) is 0 Å². The van der Waals surface area contributed by atoms with Gasteiger partial charge in [-0.05, 0) is 47.5 Å². The van der Waals surface area contributed by atoms with Crippen LogP contribution in [0.4, 0.5) is 4.79 Å². The van der Waals surface area contributed by atoms with Gasteiger partial charge in [0.05, 0.1) is 6.04 Å². The van der Waals surface area contributed by atoms with Crippen LogP contribution in [-0.4, -0.2) is 60.4 Å². The van der Waals surface area contributed by atoms with Crippen molar-refractivity contribution in [3.05, 3.63) is 55.7 Å². The van der Waals surface area contributed by atoms with E-state index in [4.69, 9.17) is 23.2 Å². The Kier molecular flexibility index (Phi) is 7.09. The maximum absolute atomic E-state index is 13.4. The summed E-state index contributed by atoms with van der Waals surface area (Å²) in [6, 6.07) is 7.02. The summed E-state index contributed by atoms with van der Waals surface area (Å²) in [4.78, 5) is 32.1. The summed E-state index contributed by atoms with van der Waals surface area (Å²) in [5, 5.41) is 3.15. The molecule has 1 aliphatic heterocycles. The molecular weight excluding hydrogens is 429 g/mol. The highest BCUT2D eigenvalue weighted by Crippen LogP contribution is 2.41. The summed E-state index contributed by atoms with van der Waals surface area (Å²) in [7, 11) is 3.40. The van der Waals surface area contributed by atoms with Crippen molar-refractivity contribution in [1.29, 1.82) is 0 Å². The number of halogens is 2. The molecule has 3 rings (SSSR count). The van der Waals surface area contributed by atoms with Crippen molar-refractivity contribution < 1.29 is 9.59 Å². The Morgan fingerprint density at radius 1 is 1.21 bits per heavy atom. The number of urea groups is 1. The number of carbonyl (C=O) groups excluding carboxylic acids is 2. The minimum Gasteiger partial charge on any atom is -0.331 e. The molecule has 2 aromatic rings. The van der Waals surface area contributed by atoms with Crippen LogP contribution in [0, 0.1) is 0 Å². The molecule has 0 N–H and O–H groups in total. The van der Waals surface area contributed by atoms with Crippen LogP contribution in [-0.2, 0) is 11.2 Å². The first-order valence-electron chi connectivity index (χ1n) is 9.60. The lowest BCUT2D eigenvalue weighted by Gasteiger charge is -2.38. The Morgan fingerprint density at radius 3 is 2.62 bits per heavy atom. The van der Waals surface area contributed by atoms with Gasteiger partial charge in [-0.2, -0.15) is 0 Å². The van der Waals surface area contributed by atoms with E-state index in [9.17, 15) is 9.59 Å². The molecular formula is C21H25Cl2N3O2S. The molecule has 3 amide bonds. The first-order valence-corrected chi connectivity index (χ1v) is 11.2. The summed E-state index contributed by atoms with van der Waals surface area (Å²) >= 11 is 14.3. The maximum Gasteiger partial charge on any atom is 0.319 e. The predicted molar refractivity (Wildman–Crippen MR) is 119 cm³/mol. The fraction of sp³-hybridized carbons (Fsp3) is 0.429. The Morgan fingerprint density at radius 2 is 1.97 bits per heavy atom. The molecule has 0 bridgehead atoms. The number of benzene rings is 1. The van der Waals surface area contributed by atoms with Crippen molar-refractivity contribution in [3.8, 4) is 0 Å². The maximum atomic E-state index is 13.4. The van der Waals surface area contributed by atoms with Crippen LogP contribution < -0.4 is 0 Å². The van der Waals surface area contributed by atoms with Crippen molar-refractivity contribution in [3.63, 3.8) is 0 Å². The van der Waals surface area contributed by atoms with Gasteiger partial charge in [-0.15, -0.1) is 11.3 Å². The topological polar surface area (TPSA) is 43.9 Å². The molecule has 156 valence electrons. The first-order chi connectivity index (χ1) is 13.8. The molecule has 1 atom stereocenters. The average molecular weight is 454 g/mol. The van der Waals surface area contributed by atoms with Gasteiger partial charge in [0.2, 0.25) is 5.91 Å². The van der Waals surface area contributed by atoms with E-state index in [0.29, 0.717) is 23.1 Å². The second-order valence-corrected chi connectivity index (χ2v) is 9.15. The van der Waals surface area contributed by atoms with Gasteiger partial charge in [0, 0.05) is 42.1 Å². The van der Waals surface area contributed by atoms with Crippen molar-refractivity contribution in [2.24, 2.45) is 0 Å². The lowest BCUT2D eigenvalue weighted by atomic mass is 9.93. The minimum absolute atomic E-state index is 0.0477. The molecule has 1 aromatic carbocycles. The van der Waals surface area contributed by atoms with E-state index in [-0.39, 0.29) is 24.5 Å². The van der Waals surface area contributed by atoms with Crippen LogP contribution in [0.5, 0.6) is 0 Å². The first kappa shape index (κ1) is 21.9. The number of rotatable bonds is 5. The highest BCUT2D eigenvalue weighted by atomic mass is 35.5. The zero-order valence-corrected chi connectivity index (χ0v) is 19.2. The van der Waals surface area contributed by atoms with Gasteiger partial charge in [0.1, 0.15) is 6.54 Å². The Hall–Kier alpha value is -1.76. The third-order valence-electron chi connectivity index (χ3n) is 5.02. The summed E-state index contributed by atoms with van der Waals surface area (Å²) in [6.07, 6.45) is 1.59. The molecule has 1 aliphatic rings. The van der Waals surface area contributed by atoms with Crippen LogP contribution in [0.3, 0.4) is 0 Å². The number of hydrogen-bond donors (Lipinski definition) is 0. The number of nitrogens with zero attached hydrogens (tertiary/aromatic N) is 3. The van der Waals surface area contributed by atoms with Gasteiger partial charge in [-0.1, -0.05) is 36.2 Å². The monoisotopic (exact) mass is 453 g/mol. The van der Waals surface area contributed by atoms with Gasteiger partial charge < -0.3 is 14.7 Å². The minimum atomic E-state index is -0.278. The molecule has 0 fully saturated rings. The molecule has 0 saturated carbocycles. The zero-order valence-electron chi connectivity index (χ0n) is 16.8. The van der Waals surface area contributed by atoms with Crippen LogP contribution in [0.1, 0.15) is 35.4 Å². The molecule has 0 spiro atoms. The zero-order chi connectivity index (χ0) is 21.1. The molecule has 0 aliphatic carbocycles. The molecule has 0 radical (unpaired) electrons. The van der Waals surface area contributed by atoms with Crippen molar-refractivity contribution in [2.75, 3.05) is 33.7 Å². The van der Waals surface area contributed by atoms with Crippen LogP contribution in [0.15, 0.2) is 29.6 Å². The summed E-state index contributed by atoms with van der Waals surface area (Å²) < 4.78 is 0. The summed E-state index contributed by atoms with van der Waals surface area (Å²) in [6.45, 7) is 3.17. The largest absolute Gasteiger partial charge is 0.331 e. The van der Waals surface area contributed by atoms with E-state index in [2.05, 4.69) is 11.4 Å². The molecule has 8 heteroatoms. The third kappa shape index (κ3) is 4.71. The van der Waals surface area contributed by atoms with E-state index in [1.165, 1.54) is 9.78 Å². The normalized spacial score (nSPS) is 15.8. The molecule has 1 aromatic heterocycles. The second kappa shape index (κ2) is 9.37. The molecule has 0 saturated heterocycles. The van der Waals surface area contributed by atoms with E-state index < -0.39 is 0 Å². The number of amides is 3. The Balaban J connectivity index is 1.94. The molecule has 5 nitrogen and oxygen atoms in total. The van der Waals surface area contributed by atoms with Crippen LogP contribution in [0.25, 0.3) is 0 Å². The van der Waals surface area contributed by atoms with Gasteiger partial charge >= 0.3 is 6.03 Å². The highest BCUT2D eigenvalue weighted by molar-refractivity contribution is 7.10. The molecule has 29 heavy (non-hydrogen) atoms. The predicted octanol–water partition coefficient (Wildman–Crippen LogP) is 4.92. The number of carbonyl (C=O) groups is 2. The van der Waals surface area contributed by atoms with Crippen molar-refractivity contribution >= 4 is 46.5 Å². The number of fused-ring (bicyclic) bond motifs is 1. The van der Waals surface area contributed by atoms with Gasteiger partial charge in [0.15, 0.2) is 0 Å². The lowest BCUT2D eigenvalue weighted by Crippen LogP contribution is -2.49. The third-order valence-corrected chi connectivity index (χ3v) is 6.58. The lowest BCUT2D eigenvalue weighted by molar-refractivity contribution is -0.134. The summed E-state index contributed by atoms with van der Waals surface area (Å²) in [5.41, 5.74) is 1.95. The number of thiophene rings is 1. The molecule has 1 unspecified atom stereocenters. The van der Waals surface area contributed by atoms with Crippen molar-refractivity contribution in [2.45, 2.75) is 25.8 Å². The highest BCUT2D eigenvalue weighted by Gasteiger charge is 2.35. The van der Waals surface area contributed by atoms with E-state index >= 15 is 0 Å². The average Bonchev–Trinajstić information content (AvgIpc) is 3.15. The van der Waals surface area contributed by atoms with Crippen molar-refractivity contribution in [1.82, 2.24) is 14.7 Å². The van der Waals surface area contributed by atoms with E-state index in [0.717, 1.165) is 24.0 Å². The van der Waals surface area contributed by atoms with Gasteiger partial charge in [-0.25, -0.2) is 4.79 Å². The standard InChI is InChI=1S/C21H25Cl2N3O2S/c1-4-9-25(21(28)24(2)3)13-19(27)26-10-7-18-16(8-11-29-18)20(26)15-6-5-14(22)12-17(15)23/h5-6,8,11-12,20H,4,7,9-10,13H2,1-3H3. The van der Waals surface area contributed by atoms with Gasteiger partial charge in [-0.3, -0.25) is 4.79 Å². The van der Waals surface area contributed by atoms with Crippen LogP contribution >= 0.6 is 34.5 Å². The fourth-order valence-corrected chi connectivity index (χ4v) is 5.11. The SMILES string of the molecule is CCCN(CC(=O)N1CCc2sccc2C1c1ccc(Cl)cc1Cl)C(=O)N(C)C. The molecule has 2 heterocycles. The van der Waals surface area contributed by atoms with E-state index in [1.807, 2.05) is 17.9 Å². The fourth-order valence-electron chi connectivity index (χ4n) is 3.69. The smallest absolute Gasteiger partial charge is 0.319 e. The second-order valence-electron chi connectivity index (χ2n) is 7.30. The summed E-state index contributed by atoms with van der Waals surface area (Å²) in [5.74, 6) is -0.0819. The Bertz CT molecular complexity index is 900. The van der Waals surface area contributed by atoms with E-state index in [1.54, 1.807) is 42.5 Å². The number of hydrogen-bond acceptors (Lipinski definition) is 3. The quantitative estimate of drug-likeness (QED) is 0.644.